The Balaban J connectivity index is 1.28. The van der Waals surface area contributed by atoms with Gasteiger partial charge in [-0.3, -0.25) is 14.8 Å². The largest absolute Gasteiger partial charge is 0.473 e. The third-order valence-corrected chi connectivity index (χ3v) is 8.16. The summed E-state index contributed by atoms with van der Waals surface area (Å²) in [5, 5.41) is 12.2. The average molecular weight is 591 g/mol. The van der Waals surface area contributed by atoms with Crippen molar-refractivity contribution in [3.63, 3.8) is 0 Å². The number of carbonyl (C=O) groups is 1. The molecule has 12 heteroatoms. The van der Waals surface area contributed by atoms with E-state index in [4.69, 9.17) is 14.5 Å². The number of aryl methyl sites for hydroxylation is 1. The summed E-state index contributed by atoms with van der Waals surface area (Å²) in [5.74, 6) is -0.00540. The van der Waals surface area contributed by atoms with Crippen LogP contribution < -0.4 is 10.1 Å². The molecular weight excluding hydrogens is 556 g/mol. The molecule has 1 fully saturated rings. The van der Waals surface area contributed by atoms with E-state index in [1.807, 2.05) is 18.2 Å². The van der Waals surface area contributed by atoms with E-state index in [0.29, 0.717) is 34.2 Å². The summed E-state index contributed by atoms with van der Waals surface area (Å²) in [7, 11) is -3.51. The lowest BCUT2D eigenvalue weighted by Gasteiger charge is -2.44. The van der Waals surface area contributed by atoms with Crippen LogP contribution in [0.25, 0.3) is 22.3 Å². The van der Waals surface area contributed by atoms with Crippen LogP contribution in [0.3, 0.4) is 0 Å². The van der Waals surface area contributed by atoms with Crippen molar-refractivity contribution in [3.8, 4) is 17.3 Å². The molecule has 4 aromatic heterocycles. The molecular formula is C30H34N6O5S. The molecule has 1 amide bonds. The van der Waals surface area contributed by atoms with Crippen LogP contribution in [0.1, 0.15) is 62.3 Å². The van der Waals surface area contributed by atoms with E-state index < -0.39 is 15.7 Å². The molecule has 220 valence electrons. The Labute approximate surface area is 245 Å². The minimum absolute atomic E-state index is 0.0230. The molecule has 1 saturated heterocycles. The van der Waals surface area contributed by atoms with Gasteiger partial charge >= 0.3 is 0 Å². The van der Waals surface area contributed by atoms with Gasteiger partial charge in [-0.05, 0) is 65.0 Å². The van der Waals surface area contributed by atoms with E-state index in [-0.39, 0.29) is 34.3 Å². The molecule has 0 radical (unpaired) electrons. The van der Waals surface area contributed by atoms with Crippen LogP contribution in [0.5, 0.6) is 5.88 Å². The van der Waals surface area contributed by atoms with Crippen LogP contribution in [-0.2, 0) is 21.1 Å². The highest BCUT2D eigenvalue weighted by Gasteiger charge is 2.40. The molecule has 0 spiro atoms. The molecule has 0 unspecified atom stereocenters. The zero-order valence-corrected chi connectivity index (χ0v) is 25.3. The highest BCUT2D eigenvalue weighted by atomic mass is 32.2. The van der Waals surface area contributed by atoms with Gasteiger partial charge in [-0.1, -0.05) is 0 Å². The van der Waals surface area contributed by atoms with Crippen molar-refractivity contribution in [2.75, 3.05) is 6.26 Å². The molecule has 1 aliphatic rings. The van der Waals surface area contributed by atoms with Gasteiger partial charge in [-0.15, -0.1) is 10.2 Å². The van der Waals surface area contributed by atoms with Crippen molar-refractivity contribution < 1.29 is 22.7 Å². The first-order chi connectivity index (χ1) is 19.7. The maximum atomic E-state index is 12.7. The number of nitrogens with one attached hydrogen (secondary N) is 1. The minimum Gasteiger partial charge on any atom is -0.473 e. The van der Waals surface area contributed by atoms with Crippen LogP contribution in [0.2, 0.25) is 0 Å². The predicted octanol–water partition coefficient (Wildman–Crippen LogP) is 4.24. The molecule has 0 bridgehead atoms. The van der Waals surface area contributed by atoms with E-state index in [2.05, 4.69) is 53.2 Å². The third-order valence-electron chi connectivity index (χ3n) is 6.94. The van der Waals surface area contributed by atoms with Crippen molar-refractivity contribution in [2.45, 2.75) is 76.2 Å². The zero-order chi connectivity index (χ0) is 30.3. The molecule has 1 N–H and O–H groups in total. The van der Waals surface area contributed by atoms with E-state index in [9.17, 15) is 13.2 Å². The Morgan fingerprint density at radius 2 is 1.71 bits per heavy atom. The minimum atomic E-state index is -3.51. The summed E-state index contributed by atoms with van der Waals surface area (Å²) in [5.41, 5.74) is 2.41. The number of aromatic nitrogens is 5. The molecule has 0 aromatic carbocycles. The fourth-order valence-corrected chi connectivity index (χ4v) is 6.29. The molecule has 0 saturated carbocycles. The average Bonchev–Trinajstić information content (AvgIpc) is 2.89. The summed E-state index contributed by atoms with van der Waals surface area (Å²) in [6.07, 6.45) is 5.60. The monoisotopic (exact) mass is 590 g/mol. The Kier molecular flexibility index (Phi) is 7.71. The lowest BCUT2D eigenvalue weighted by atomic mass is 9.87. The van der Waals surface area contributed by atoms with Crippen molar-refractivity contribution in [3.05, 3.63) is 65.7 Å². The number of ether oxygens (including phenoxy) is 2. The number of pyridine rings is 3. The van der Waals surface area contributed by atoms with Gasteiger partial charge in [0.05, 0.1) is 50.8 Å². The molecule has 5 rings (SSSR count). The Morgan fingerprint density at radius 3 is 2.38 bits per heavy atom. The maximum absolute atomic E-state index is 12.7. The van der Waals surface area contributed by atoms with E-state index in [0.717, 1.165) is 24.5 Å². The van der Waals surface area contributed by atoms with Gasteiger partial charge in [0.15, 0.2) is 9.84 Å². The van der Waals surface area contributed by atoms with Gasteiger partial charge in [-0.25, -0.2) is 13.4 Å². The number of nitrogens with zero attached hydrogens (tertiary/aromatic N) is 5. The lowest BCUT2D eigenvalue weighted by molar-refractivity contribution is -0.182. The lowest BCUT2D eigenvalue weighted by Crippen LogP contribution is -2.49. The fraction of sp³-hybridized carbons (Fsp3) is 0.400. The van der Waals surface area contributed by atoms with Crippen molar-refractivity contribution in [2.24, 2.45) is 0 Å². The number of sulfone groups is 1. The molecule has 42 heavy (non-hydrogen) atoms. The topological polar surface area (TPSA) is 146 Å². The highest BCUT2D eigenvalue weighted by Crippen LogP contribution is 2.36. The summed E-state index contributed by atoms with van der Waals surface area (Å²) in [6.45, 7) is 9.97. The number of rotatable bonds is 7. The Morgan fingerprint density at radius 1 is 1.00 bits per heavy atom. The Bertz CT molecular complexity index is 1740. The van der Waals surface area contributed by atoms with E-state index in [1.54, 1.807) is 25.3 Å². The molecule has 5 heterocycles. The second-order valence-corrected chi connectivity index (χ2v) is 13.8. The summed E-state index contributed by atoms with van der Waals surface area (Å²) in [6, 6.07) is 10.5. The van der Waals surface area contributed by atoms with Crippen LogP contribution in [0, 0.1) is 6.92 Å². The first kappa shape index (κ1) is 29.5. The van der Waals surface area contributed by atoms with Gasteiger partial charge < -0.3 is 14.8 Å². The van der Waals surface area contributed by atoms with Gasteiger partial charge in [-0.2, -0.15) is 0 Å². The number of amides is 1. The second kappa shape index (κ2) is 11.0. The van der Waals surface area contributed by atoms with Crippen molar-refractivity contribution >= 4 is 26.6 Å². The maximum Gasteiger partial charge on any atom is 0.253 e. The van der Waals surface area contributed by atoms with Crippen LogP contribution in [0.15, 0.2) is 53.7 Å². The van der Waals surface area contributed by atoms with Crippen molar-refractivity contribution in [1.82, 2.24) is 30.5 Å². The van der Waals surface area contributed by atoms with Gasteiger partial charge in [0.1, 0.15) is 11.8 Å². The van der Waals surface area contributed by atoms with Crippen molar-refractivity contribution in [1.29, 1.82) is 0 Å². The van der Waals surface area contributed by atoms with E-state index >= 15 is 0 Å². The molecule has 0 atom stereocenters. The van der Waals surface area contributed by atoms with Gasteiger partial charge in [0, 0.05) is 42.9 Å². The number of hydrogen-bond donors (Lipinski definition) is 1. The Hall–Kier alpha value is -4.03. The number of fused-ring (bicyclic) bond motifs is 1. The summed E-state index contributed by atoms with van der Waals surface area (Å²) < 4.78 is 36.3. The summed E-state index contributed by atoms with van der Waals surface area (Å²) >= 11 is 0. The quantitative estimate of drug-likeness (QED) is 0.332. The first-order valence-corrected chi connectivity index (χ1v) is 15.5. The number of hydrogen-bond acceptors (Lipinski definition) is 10. The molecule has 4 aromatic rings. The zero-order valence-electron chi connectivity index (χ0n) is 24.5. The third kappa shape index (κ3) is 6.88. The number of carbonyl (C=O) groups excluding carboxylic acids is 1. The summed E-state index contributed by atoms with van der Waals surface area (Å²) in [4.78, 5) is 25.9. The highest BCUT2D eigenvalue weighted by molar-refractivity contribution is 7.90. The fourth-order valence-electron chi connectivity index (χ4n) is 5.36. The normalized spacial score (nSPS) is 16.7. The van der Waals surface area contributed by atoms with Crippen LogP contribution >= 0.6 is 0 Å². The van der Waals surface area contributed by atoms with Gasteiger partial charge in [0.2, 0.25) is 5.88 Å². The van der Waals surface area contributed by atoms with Crippen LogP contribution in [-0.4, -0.2) is 63.0 Å². The smallest absolute Gasteiger partial charge is 0.253 e. The standard InChI is InChI=1S/C30H34N6O5S/c1-18-26(42(6,38)39)11-20(16-31-18)28(37)33-17-21-12-25-19(15-32-21)7-8-23(34-25)24-9-10-27(36-35-24)40-22-13-29(2,3)41-30(4,5)14-22/h7-12,15-16,22H,13-14,17H2,1-6H3,(H,33,37). The molecule has 1 aliphatic heterocycles. The molecule has 11 nitrogen and oxygen atoms in total. The van der Waals surface area contributed by atoms with E-state index in [1.165, 1.54) is 12.3 Å². The first-order valence-electron chi connectivity index (χ1n) is 13.6. The second-order valence-electron chi connectivity index (χ2n) is 11.9. The van der Waals surface area contributed by atoms with Gasteiger partial charge in [0.25, 0.3) is 5.91 Å². The van der Waals surface area contributed by atoms with Crippen LogP contribution in [0.4, 0.5) is 0 Å². The molecule has 0 aliphatic carbocycles. The SMILES string of the molecule is Cc1ncc(C(=O)NCc2cc3nc(-c4ccc(OC5CC(C)(C)OC(C)(C)C5)nn4)ccc3cn2)cc1S(C)(=O)=O. The predicted molar refractivity (Wildman–Crippen MR) is 157 cm³/mol.